The SMILES string of the molecule is CNNC(=S)NCCN1CCOCC1. The maximum atomic E-state index is 5.26. The van der Waals surface area contributed by atoms with Crippen LogP contribution in [0.3, 0.4) is 0 Å². The number of hydrogen-bond donors (Lipinski definition) is 3. The molecule has 0 atom stereocenters. The van der Waals surface area contributed by atoms with E-state index in [0.717, 1.165) is 39.4 Å². The molecule has 1 rings (SSSR count). The zero-order valence-corrected chi connectivity index (χ0v) is 9.32. The van der Waals surface area contributed by atoms with Gasteiger partial charge < -0.3 is 10.1 Å². The molecule has 0 unspecified atom stereocenters. The first-order valence-electron chi connectivity index (χ1n) is 4.83. The van der Waals surface area contributed by atoms with Gasteiger partial charge in [0.15, 0.2) is 5.11 Å². The number of ether oxygens (including phenoxy) is 1. The smallest absolute Gasteiger partial charge is 0.180 e. The van der Waals surface area contributed by atoms with Gasteiger partial charge in [-0.15, -0.1) is 0 Å². The molecule has 82 valence electrons. The van der Waals surface area contributed by atoms with Crippen LogP contribution in [-0.4, -0.2) is 56.5 Å². The van der Waals surface area contributed by atoms with E-state index in [9.17, 15) is 0 Å². The highest BCUT2D eigenvalue weighted by molar-refractivity contribution is 7.80. The number of hydrazine groups is 1. The van der Waals surface area contributed by atoms with Crippen LogP contribution in [0.1, 0.15) is 0 Å². The van der Waals surface area contributed by atoms with Gasteiger partial charge in [-0.3, -0.25) is 10.3 Å². The third kappa shape index (κ3) is 4.71. The van der Waals surface area contributed by atoms with Crippen LogP contribution in [0.5, 0.6) is 0 Å². The molecule has 0 radical (unpaired) electrons. The molecule has 0 saturated carbocycles. The third-order valence-corrected chi connectivity index (χ3v) is 2.30. The van der Waals surface area contributed by atoms with Crippen LogP contribution in [0.15, 0.2) is 0 Å². The van der Waals surface area contributed by atoms with E-state index in [2.05, 4.69) is 21.1 Å². The van der Waals surface area contributed by atoms with Crippen molar-refractivity contribution in [3.05, 3.63) is 0 Å². The van der Waals surface area contributed by atoms with E-state index in [1.54, 1.807) is 7.05 Å². The highest BCUT2D eigenvalue weighted by Gasteiger charge is 2.08. The second-order valence-corrected chi connectivity index (χ2v) is 3.49. The van der Waals surface area contributed by atoms with Crippen molar-refractivity contribution in [1.29, 1.82) is 0 Å². The van der Waals surface area contributed by atoms with Crippen LogP contribution in [0.4, 0.5) is 0 Å². The summed E-state index contributed by atoms with van der Waals surface area (Å²) in [5.41, 5.74) is 5.58. The Morgan fingerprint density at radius 3 is 2.79 bits per heavy atom. The summed E-state index contributed by atoms with van der Waals surface area (Å²) in [4.78, 5) is 2.36. The van der Waals surface area contributed by atoms with Gasteiger partial charge in [-0.05, 0) is 12.2 Å². The van der Waals surface area contributed by atoms with Gasteiger partial charge in [0.25, 0.3) is 0 Å². The lowest BCUT2D eigenvalue weighted by Gasteiger charge is -2.26. The summed E-state index contributed by atoms with van der Waals surface area (Å²) >= 11 is 4.99. The Labute approximate surface area is 90.1 Å². The van der Waals surface area contributed by atoms with Crippen molar-refractivity contribution < 1.29 is 4.74 Å². The van der Waals surface area contributed by atoms with Crippen LogP contribution in [0.25, 0.3) is 0 Å². The minimum absolute atomic E-state index is 0.640. The van der Waals surface area contributed by atoms with E-state index in [-0.39, 0.29) is 0 Å². The number of rotatable bonds is 4. The molecular weight excluding hydrogens is 200 g/mol. The number of hydrogen-bond acceptors (Lipinski definition) is 4. The Balaban J connectivity index is 1.99. The van der Waals surface area contributed by atoms with Crippen molar-refractivity contribution in [3.63, 3.8) is 0 Å². The highest BCUT2D eigenvalue weighted by Crippen LogP contribution is 1.94. The third-order valence-electron chi connectivity index (χ3n) is 2.06. The van der Waals surface area contributed by atoms with Crippen molar-refractivity contribution in [2.45, 2.75) is 0 Å². The molecule has 5 nitrogen and oxygen atoms in total. The van der Waals surface area contributed by atoms with Gasteiger partial charge in [-0.25, -0.2) is 5.43 Å². The number of nitrogens with one attached hydrogen (secondary N) is 3. The molecule has 0 aliphatic carbocycles. The summed E-state index contributed by atoms with van der Waals surface area (Å²) < 4.78 is 5.26. The Hall–Kier alpha value is -0.430. The number of nitrogens with zero attached hydrogens (tertiary/aromatic N) is 1. The summed E-state index contributed by atoms with van der Waals surface area (Å²) in [5.74, 6) is 0. The minimum Gasteiger partial charge on any atom is -0.379 e. The monoisotopic (exact) mass is 218 g/mol. The van der Waals surface area contributed by atoms with Crippen molar-refractivity contribution in [3.8, 4) is 0 Å². The molecule has 14 heavy (non-hydrogen) atoms. The molecule has 1 aliphatic heterocycles. The maximum absolute atomic E-state index is 5.26. The molecule has 1 saturated heterocycles. The van der Waals surface area contributed by atoms with Gasteiger partial charge in [0.2, 0.25) is 0 Å². The molecule has 1 aliphatic rings. The summed E-state index contributed by atoms with van der Waals surface area (Å²) in [6.07, 6.45) is 0. The number of thiocarbonyl (C=S) groups is 1. The number of morpholine rings is 1. The summed E-state index contributed by atoms with van der Waals surface area (Å²) in [7, 11) is 1.79. The van der Waals surface area contributed by atoms with Crippen LogP contribution in [0, 0.1) is 0 Å². The van der Waals surface area contributed by atoms with Gasteiger partial charge in [0.1, 0.15) is 0 Å². The zero-order valence-electron chi connectivity index (χ0n) is 8.51. The lowest BCUT2D eigenvalue weighted by Crippen LogP contribution is -2.46. The Morgan fingerprint density at radius 2 is 2.14 bits per heavy atom. The molecule has 0 aromatic rings. The summed E-state index contributed by atoms with van der Waals surface area (Å²) in [6, 6.07) is 0. The van der Waals surface area contributed by atoms with Crippen LogP contribution >= 0.6 is 12.2 Å². The van der Waals surface area contributed by atoms with E-state index >= 15 is 0 Å². The second-order valence-electron chi connectivity index (χ2n) is 3.08. The first-order valence-corrected chi connectivity index (χ1v) is 5.24. The quantitative estimate of drug-likeness (QED) is 0.412. The van der Waals surface area contributed by atoms with Gasteiger partial charge in [0.05, 0.1) is 13.2 Å². The van der Waals surface area contributed by atoms with Crippen molar-refractivity contribution >= 4 is 17.3 Å². The standard InChI is InChI=1S/C8H18N4OS/c1-9-11-8(14)10-2-3-12-4-6-13-7-5-12/h9H,2-7H2,1H3,(H2,10,11,14). The average molecular weight is 218 g/mol. The first-order chi connectivity index (χ1) is 6.83. The topological polar surface area (TPSA) is 48.6 Å². The zero-order chi connectivity index (χ0) is 10.2. The van der Waals surface area contributed by atoms with Crippen LogP contribution in [0.2, 0.25) is 0 Å². The van der Waals surface area contributed by atoms with Gasteiger partial charge in [-0.1, -0.05) is 0 Å². The lowest BCUT2D eigenvalue weighted by molar-refractivity contribution is 0.0389. The molecule has 0 aromatic carbocycles. The minimum atomic E-state index is 0.640. The van der Waals surface area contributed by atoms with E-state index in [4.69, 9.17) is 17.0 Å². The van der Waals surface area contributed by atoms with E-state index in [0.29, 0.717) is 5.11 Å². The van der Waals surface area contributed by atoms with Gasteiger partial charge in [-0.2, -0.15) is 0 Å². The Kier molecular flexibility index (Phi) is 5.77. The fraction of sp³-hybridized carbons (Fsp3) is 0.875. The Morgan fingerprint density at radius 1 is 1.43 bits per heavy atom. The summed E-state index contributed by atoms with van der Waals surface area (Å²) in [6.45, 7) is 5.61. The highest BCUT2D eigenvalue weighted by atomic mass is 32.1. The molecule has 0 aromatic heterocycles. The maximum Gasteiger partial charge on any atom is 0.180 e. The van der Waals surface area contributed by atoms with Crippen LogP contribution in [-0.2, 0) is 4.74 Å². The largest absolute Gasteiger partial charge is 0.379 e. The molecule has 3 N–H and O–H groups in total. The molecule has 6 heteroatoms. The Bertz CT molecular complexity index is 173. The van der Waals surface area contributed by atoms with Crippen molar-refractivity contribution in [1.82, 2.24) is 21.1 Å². The first kappa shape index (κ1) is 11.6. The van der Waals surface area contributed by atoms with Gasteiger partial charge in [0, 0.05) is 33.2 Å². The molecule has 1 fully saturated rings. The molecule has 0 bridgehead atoms. The van der Waals surface area contributed by atoms with Gasteiger partial charge >= 0.3 is 0 Å². The van der Waals surface area contributed by atoms with Crippen molar-refractivity contribution in [2.75, 3.05) is 46.4 Å². The van der Waals surface area contributed by atoms with E-state index in [1.165, 1.54) is 0 Å². The fourth-order valence-corrected chi connectivity index (χ4v) is 1.51. The van der Waals surface area contributed by atoms with E-state index in [1.807, 2.05) is 0 Å². The van der Waals surface area contributed by atoms with E-state index < -0.39 is 0 Å². The predicted octanol–water partition coefficient (Wildman–Crippen LogP) is -1.08. The predicted molar refractivity (Wildman–Crippen MR) is 60.1 cm³/mol. The molecule has 0 amide bonds. The fourth-order valence-electron chi connectivity index (χ4n) is 1.31. The average Bonchev–Trinajstić information content (AvgIpc) is 2.20. The van der Waals surface area contributed by atoms with Crippen molar-refractivity contribution in [2.24, 2.45) is 0 Å². The summed E-state index contributed by atoms with van der Waals surface area (Å²) in [5, 5.41) is 3.75. The second kappa shape index (κ2) is 6.94. The normalized spacial score (nSPS) is 17.8. The molecule has 1 heterocycles. The molecular formula is C8H18N4OS. The van der Waals surface area contributed by atoms with Crippen LogP contribution < -0.4 is 16.2 Å². The lowest BCUT2D eigenvalue weighted by atomic mass is 10.4. The molecule has 0 spiro atoms.